The van der Waals surface area contributed by atoms with Crippen LogP contribution in [0.25, 0.3) is 5.69 Å². The average molecular weight is 459 g/mol. The van der Waals surface area contributed by atoms with Gasteiger partial charge in [0.1, 0.15) is 23.6 Å². The number of hydrogen-bond acceptors (Lipinski definition) is 5. The van der Waals surface area contributed by atoms with Gasteiger partial charge in [-0.2, -0.15) is 9.78 Å². The van der Waals surface area contributed by atoms with E-state index in [9.17, 15) is 23.1 Å². The summed E-state index contributed by atoms with van der Waals surface area (Å²) in [4.78, 5) is 16.7. The van der Waals surface area contributed by atoms with E-state index in [0.29, 0.717) is 5.69 Å². The minimum Gasteiger partial charge on any atom is -0.422 e. The molecule has 0 aliphatic rings. The molecule has 0 spiro atoms. The third-order valence-corrected chi connectivity index (χ3v) is 5.06. The van der Waals surface area contributed by atoms with Crippen LogP contribution in [-0.4, -0.2) is 29.0 Å². The van der Waals surface area contributed by atoms with Crippen molar-refractivity contribution >= 4 is 0 Å². The molecule has 1 N–H and O–H groups in total. The quantitative estimate of drug-likeness (QED) is 0.478. The second-order valence-electron chi connectivity index (χ2n) is 7.91. The van der Waals surface area contributed by atoms with Crippen molar-refractivity contribution in [3.05, 3.63) is 88.1 Å². The first-order chi connectivity index (χ1) is 15.6. The van der Waals surface area contributed by atoms with Gasteiger partial charge in [-0.25, -0.2) is 22.9 Å². The fourth-order valence-electron chi connectivity index (χ4n) is 3.33. The normalized spacial score (nSPS) is 11.7. The van der Waals surface area contributed by atoms with E-state index in [4.69, 9.17) is 4.74 Å². The van der Waals surface area contributed by atoms with Gasteiger partial charge in [0.05, 0.1) is 24.1 Å². The first-order valence-corrected chi connectivity index (χ1v) is 9.86. The van der Waals surface area contributed by atoms with Gasteiger partial charge >= 0.3 is 11.7 Å². The minimum absolute atomic E-state index is 0.0622. The summed E-state index contributed by atoms with van der Waals surface area (Å²) < 4.78 is 51.4. The molecule has 0 aliphatic heterocycles. The van der Waals surface area contributed by atoms with Crippen LogP contribution in [0.3, 0.4) is 0 Å². The smallest absolute Gasteiger partial charge is 0.350 e. The van der Waals surface area contributed by atoms with E-state index >= 15 is 0 Å². The molecule has 0 fully saturated rings. The Hall–Kier alpha value is -3.86. The number of rotatable bonds is 6. The molecule has 0 unspecified atom stereocenters. The lowest BCUT2D eigenvalue weighted by Gasteiger charge is -2.18. The Balaban J connectivity index is 1.59. The predicted molar refractivity (Wildman–Crippen MR) is 112 cm³/mol. The van der Waals surface area contributed by atoms with Crippen LogP contribution >= 0.6 is 0 Å². The highest BCUT2D eigenvalue weighted by Gasteiger charge is 2.23. The molecule has 8 nitrogen and oxygen atoms in total. The summed E-state index contributed by atoms with van der Waals surface area (Å²) in [5.41, 5.74) is -1.59. The summed E-state index contributed by atoms with van der Waals surface area (Å²) in [6.07, 6.45) is 2.54. The van der Waals surface area contributed by atoms with Gasteiger partial charge in [0.2, 0.25) is 0 Å². The zero-order chi connectivity index (χ0) is 23.9. The summed E-state index contributed by atoms with van der Waals surface area (Å²) in [7, 11) is 1.62. The van der Waals surface area contributed by atoms with Gasteiger partial charge in [0.15, 0.2) is 11.6 Å². The summed E-state index contributed by atoms with van der Waals surface area (Å²) in [5.74, 6) is -2.52. The van der Waals surface area contributed by atoms with Crippen LogP contribution in [0.1, 0.15) is 25.1 Å². The van der Waals surface area contributed by atoms with Crippen LogP contribution in [0.5, 0.6) is 11.8 Å². The Bertz CT molecular complexity index is 1360. The number of halogens is 3. The van der Waals surface area contributed by atoms with E-state index in [1.807, 2.05) is 0 Å². The van der Waals surface area contributed by atoms with Crippen LogP contribution in [0.2, 0.25) is 0 Å². The highest BCUT2D eigenvalue weighted by molar-refractivity contribution is 5.39. The van der Waals surface area contributed by atoms with Crippen LogP contribution in [-0.2, 0) is 19.2 Å². The Morgan fingerprint density at radius 1 is 1.09 bits per heavy atom. The highest BCUT2D eigenvalue weighted by atomic mass is 19.1. The van der Waals surface area contributed by atoms with Gasteiger partial charge in [-0.05, 0) is 38.1 Å². The van der Waals surface area contributed by atoms with Crippen molar-refractivity contribution in [3.63, 3.8) is 0 Å². The number of nitrogens with zero attached hydrogens (tertiary/aromatic N) is 5. The fourth-order valence-corrected chi connectivity index (χ4v) is 3.33. The monoisotopic (exact) mass is 459 g/mol. The van der Waals surface area contributed by atoms with Crippen molar-refractivity contribution in [2.45, 2.75) is 26.0 Å². The largest absolute Gasteiger partial charge is 0.422 e. The SMILES string of the molecule is Cn1c(C(C)(C)O)cnc1Oc1ccc(-n2ncn(Cc3c(F)cccc3F)c2=O)cc1F. The zero-order valence-corrected chi connectivity index (χ0v) is 18.0. The van der Waals surface area contributed by atoms with Crippen molar-refractivity contribution in [2.75, 3.05) is 0 Å². The maximum atomic E-state index is 14.7. The van der Waals surface area contributed by atoms with E-state index in [2.05, 4.69) is 10.1 Å². The van der Waals surface area contributed by atoms with Gasteiger partial charge < -0.3 is 9.84 Å². The molecule has 33 heavy (non-hydrogen) atoms. The lowest BCUT2D eigenvalue weighted by molar-refractivity contribution is 0.0701. The van der Waals surface area contributed by atoms with E-state index < -0.39 is 28.7 Å². The van der Waals surface area contributed by atoms with E-state index in [1.165, 1.54) is 29.0 Å². The molecule has 0 amide bonds. The number of aliphatic hydroxyl groups is 1. The van der Waals surface area contributed by atoms with Crippen molar-refractivity contribution in [2.24, 2.45) is 7.05 Å². The topological polar surface area (TPSA) is 87.1 Å². The molecule has 11 heteroatoms. The molecule has 2 aromatic carbocycles. The number of benzene rings is 2. The molecule has 4 aromatic rings. The lowest BCUT2D eigenvalue weighted by Crippen LogP contribution is -2.24. The number of imidazole rings is 1. The molecule has 2 heterocycles. The average Bonchev–Trinajstić information content (AvgIpc) is 3.29. The lowest BCUT2D eigenvalue weighted by atomic mass is 10.1. The van der Waals surface area contributed by atoms with Gasteiger partial charge in [-0.3, -0.25) is 9.13 Å². The standard InChI is InChI=1S/C22H20F3N5O3/c1-22(2,32)19-10-26-20(28(19)3)33-18-8-7-13(9-17(18)25)30-21(31)29(12-27-30)11-14-15(23)5-4-6-16(14)24/h4-10,12,32H,11H2,1-3H3. The van der Waals surface area contributed by atoms with Crippen LogP contribution in [0, 0.1) is 17.5 Å². The van der Waals surface area contributed by atoms with E-state index in [0.717, 1.165) is 33.8 Å². The Morgan fingerprint density at radius 2 is 1.79 bits per heavy atom. The molecule has 0 radical (unpaired) electrons. The number of hydrogen-bond donors (Lipinski definition) is 1. The Labute approximate surface area is 186 Å². The second kappa shape index (κ2) is 8.24. The van der Waals surface area contributed by atoms with E-state index in [1.54, 1.807) is 20.9 Å². The highest BCUT2D eigenvalue weighted by Crippen LogP contribution is 2.28. The molecular formula is C22H20F3N5O3. The molecule has 172 valence electrons. The first-order valence-electron chi connectivity index (χ1n) is 9.86. The maximum Gasteiger partial charge on any atom is 0.350 e. The molecule has 0 atom stereocenters. The van der Waals surface area contributed by atoms with Crippen molar-refractivity contribution in [1.29, 1.82) is 0 Å². The third-order valence-electron chi connectivity index (χ3n) is 5.06. The van der Waals surface area contributed by atoms with Crippen LogP contribution in [0.15, 0.2) is 53.7 Å². The van der Waals surface area contributed by atoms with Crippen LogP contribution < -0.4 is 10.4 Å². The van der Waals surface area contributed by atoms with Crippen LogP contribution in [0.4, 0.5) is 13.2 Å². The third kappa shape index (κ3) is 4.27. The second-order valence-corrected chi connectivity index (χ2v) is 7.91. The van der Waals surface area contributed by atoms with Gasteiger partial charge in [-0.1, -0.05) is 6.07 Å². The van der Waals surface area contributed by atoms with Gasteiger partial charge in [0, 0.05) is 18.7 Å². The first kappa shape index (κ1) is 22.3. The molecular weight excluding hydrogens is 439 g/mol. The maximum absolute atomic E-state index is 14.7. The van der Waals surface area contributed by atoms with Crippen molar-refractivity contribution < 1.29 is 23.0 Å². The summed E-state index contributed by atoms with van der Waals surface area (Å²) in [6, 6.07) is 7.21. The van der Waals surface area contributed by atoms with E-state index in [-0.39, 0.29) is 29.6 Å². The molecule has 0 aliphatic carbocycles. The minimum atomic E-state index is -1.17. The molecule has 0 bridgehead atoms. The fraction of sp³-hybridized carbons (Fsp3) is 0.227. The van der Waals surface area contributed by atoms with Gasteiger partial charge in [-0.15, -0.1) is 0 Å². The summed E-state index contributed by atoms with van der Waals surface area (Å²) >= 11 is 0. The molecule has 0 saturated carbocycles. The van der Waals surface area contributed by atoms with Crippen molar-refractivity contribution in [1.82, 2.24) is 23.9 Å². The van der Waals surface area contributed by atoms with Gasteiger partial charge in [0.25, 0.3) is 0 Å². The molecule has 0 saturated heterocycles. The molecule has 2 aromatic heterocycles. The zero-order valence-electron chi connectivity index (χ0n) is 18.0. The Morgan fingerprint density at radius 3 is 2.39 bits per heavy atom. The summed E-state index contributed by atoms with van der Waals surface area (Å²) in [6.45, 7) is 2.80. The summed E-state index contributed by atoms with van der Waals surface area (Å²) in [5, 5.41) is 14.1. The predicted octanol–water partition coefficient (Wildman–Crippen LogP) is 3.25. The number of ether oxygens (including phenoxy) is 1. The molecule has 4 rings (SSSR count). The van der Waals surface area contributed by atoms with Crippen molar-refractivity contribution in [3.8, 4) is 17.4 Å². The Kier molecular flexibility index (Phi) is 5.58. The number of aromatic nitrogens is 5.